The van der Waals surface area contributed by atoms with E-state index in [1.807, 2.05) is 36.4 Å². The Kier molecular flexibility index (Phi) is 5.26. The summed E-state index contributed by atoms with van der Waals surface area (Å²) in [5.74, 6) is 0.732. The first kappa shape index (κ1) is 19.9. The van der Waals surface area contributed by atoms with Crippen molar-refractivity contribution in [1.82, 2.24) is 9.97 Å². The van der Waals surface area contributed by atoms with Crippen LogP contribution in [0.5, 0.6) is 0 Å². The molecule has 0 amide bonds. The fourth-order valence-electron chi connectivity index (χ4n) is 3.57. The van der Waals surface area contributed by atoms with Crippen molar-refractivity contribution in [2.75, 3.05) is 5.32 Å². The molecule has 5 heteroatoms. The van der Waals surface area contributed by atoms with E-state index in [-0.39, 0.29) is 0 Å². The average molecular weight is 442 g/mol. The molecule has 0 aliphatic rings. The third kappa shape index (κ3) is 4.22. The lowest BCUT2D eigenvalue weighted by Gasteiger charge is -2.13. The van der Waals surface area contributed by atoms with Crippen LogP contribution in [0.2, 0.25) is 5.02 Å². The van der Waals surface area contributed by atoms with Crippen LogP contribution >= 0.6 is 23.4 Å². The number of hydrogen-bond acceptors (Lipinski definition) is 4. The van der Waals surface area contributed by atoms with Gasteiger partial charge >= 0.3 is 0 Å². The quantitative estimate of drug-likeness (QED) is 0.287. The van der Waals surface area contributed by atoms with E-state index in [2.05, 4.69) is 61.6 Å². The first-order valence-electron chi connectivity index (χ1n) is 10.0. The summed E-state index contributed by atoms with van der Waals surface area (Å²) >= 11 is 7.69. The van der Waals surface area contributed by atoms with E-state index in [0.717, 1.165) is 38.3 Å². The van der Waals surface area contributed by atoms with E-state index in [4.69, 9.17) is 21.6 Å². The molecule has 1 aromatic heterocycles. The Bertz CT molecular complexity index is 1410. The van der Waals surface area contributed by atoms with Crippen LogP contribution in [-0.4, -0.2) is 9.97 Å². The molecule has 0 radical (unpaired) electrons. The minimum atomic E-state index is 0.700. The molecule has 0 bridgehead atoms. The van der Waals surface area contributed by atoms with Gasteiger partial charge in [-0.15, -0.1) is 0 Å². The minimum Gasteiger partial charge on any atom is -0.338 e. The number of nitrogens with one attached hydrogen (secondary N) is 1. The molecule has 1 heterocycles. The van der Waals surface area contributed by atoms with Crippen LogP contribution in [0.25, 0.3) is 21.8 Å². The number of hydrogen-bond donors (Lipinski definition) is 1. The summed E-state index contributed by atoms with van der Waals surface area (Å²) < 4.78 is 0. The maximum atomic E-state index is 6.06. The van der Waals surface area contributed by atoms with Crippen LogP contribution in [0.1, 0.15) is 11.1 Å². The highest BCUT2D eigenvalue weighted by Gasteiger charge is 2.13. The predicted molar refractivity (Wildman–Crippen MR) is 132 cm³/mol. The zero-order valence-corrected chi connectivity index (χ0v) is 18.8. The van der Waals surface area contributed by atoms with E-state index in [0.29, 0.717) is 5.02 Å². The van der Waals surface area contributed by atoms with Crippen molar-refractivity contribution in [1.29, 1.82) is 0 Å². The lowest BCUT2D eigenvalue weighted by Crippen LogP contribution is -1.99. The Morgan fingerprint density at radius 1 is 0.774 bits per heavy atom. The van der Waals surface area contributed by atoms with Gasteiger partial charge in [0.1, 0.15) is 5.03 Å². The summed E-state index contributed by atoms with van der Waals surface area (Å²) in [7, 11) is 0. The summed E-state index contributed by atoms with van der Waals surface area (Å²) in [6, 6.07) is 26.6. The zero-order valence-electron chi connectivity index (χ0n) is 17.2. The Labute approximate surface area is 190 Å². The molecule has 31 heavy (non-hydrogen) atoms. The molecule has 0 atom stereocenters. The highest BCUT2D eigenvalue weighted by molar-refractivity contribution is 7.99. The molecule has 0 saturated carbocycles. The molecule has 0 aliphatic carbocycles. The van der Waals surface area contributed by atoms with E-state index >= 15 is 0 Å². The van der Waals surface area contributed by atoms with Crippen LogP contribution < -0.4 is 5.32 Å². The third-order valence-electron chi connectivity index (χ3n) is 5.14. The van der Waals surface area contributed by atoms with E-state index in [1.165, 1.54) is 16.0 Å². The number of halogens is 1. The number of fused-ring (bicyclic) bond motifs is 2. The second-order valence-electron chi connectivity index (χ2n) is 7.57. The van der Waals surface area contributed by atoms with Gasteiger partial charge in [-0.2, -0.15) is 0 Å². The summed E-state index contributed by atoms with van der Waals surface area (Å²) in [4.78, 5) is 11.1. The SMILES string of the molecule is Cc1ccc(Sc2nc3cc4ccccc4cc3nc2Nc2ccc(Cl)cc2)c(C)c1. The molecule has 4 aromatic carbocycles. The van der Waals surface area contributed by atoms with Crippen molar-refractivity contribution < 1.29 is 0 Å². The molecule has 0 fully saturated rings. The minimum absolute atomic E-state index is 0.700. The normalized spacial score (nSPS) is 11.2. The van der Waals surface area contributed by atoms with E-state index in [1.54, 1.807) is 11.8 Å². The van der Waals surface area contributed by atoms with Crippen LogP contribution in [-0.2, 0) is 0 Å². The molecule has 152 valence electrons. The Morgan fingerprint density at radius 2 is 1.45 bits per heavy atom. The lowest BCUT2D eigenvalue weighted by atomic mass is 10.1. The summed E-state index contributed by atoms with van der Waals surface area (Å²) in [5, 5.41) is 7.28. The number of aromatic nitrogens is 2. The largest absolute Gasteiger partial charge is 0.338 e. The van der Waals surface area contributed by atoms with Gasteiger partial charge in [-0.25, -0.2) is 9.97 Å². The molecule has 0 saturated heterocycles. The first-order valence-corrected chi connectivity index (χ1v) is 11.2. The van der Waals surface area contributed by atoms with Gasteiger partial charge in [0.2, 0.25) is 0 Å². The maximum Gasteiger partial charge on any atom is 0.164 e. The molecule has 0 aliphatic heterocycles. The first-order chi connectivity index (χ1) is 15.0. The Hall–Kier alpha value is -3.08. The number of nitrogens with zero attached hydrogens (tertiary/aromatic N) is 2. The fourth-order valence-corrected chi connectivity index (χ4v) is 4.59. The number of aryl methyl sites for hydroxylation is 2. The summed E-state index contributed by atoms with van der Waals surface area (Å²) in [6.45, 7) is 4.24. The summed E-state index contributed by atoms with van der Waals surface area (Å²) in [5.41, 5.74) is 5.13. The van der Waals surface area contributed by atoms with Gasteiger partial charge in [0.25, 0.3) is 0 Å². The van der Waals surface area contributed by atoms with Crippen molar-refractivity contribution in [3.8, 4) is 0 Å². The molecule has 5 rings (SSSR count). The van der Waals surface area contributed by atoms with Crippen LogP contribution in [0, 0.1) is 13.8 Å². The maximum absolute atomic E-state index is 6.06. The molecular weight excluding hydrogens is 422 g/mol. The van der Waals surface area contributed by atoms with Crippen molar-refractivity contribution in [2.24, 2.45) is 0 Å². The molecule has 0 unspecified atom stereocenters. The smallest absolute Gasteiger partial charge is 0.164 e. The second-order valence-corrected chi connectivity index (χ2v) is 9.04. The van der Waals surface area contributed by atoms with E-state index in [9.17, 15) is 0 Å². The number of rotatable bonds is 4. The zero-order chi connectivity index (χ0) is 21.4. The number of anilines is 2. The number of benzene rings is 4. The summed E-state index contributed by atoms with van der Waals surface area (Å²) in [6.07, 6.45) is 0. The van der Waals surface area contributed by atoms with Crippen molar-refractivity contribution >= 4 is 56.7 Å². The Balaban J connectivity index is 1.65. The molecule has 1 N–H and O–H groups in total. The highest BCUT2D eigenvalue weighted by atomic mass is 35.5. The van der Waals surface area contributed by atoms with Crippen molar-refractivity contribution in [2.45, 2.75) is 23.8 Å². The predicted octanol–water partition coefficient (Wildman–Crippen LogP) is 7.95. The van der Waals surface area contributed by atoms with Crippen LogP contribution in [0.4, 0.5) is 11.5 Å². The molecule has 5 aromatic rings. The van der Waals surface area contributed by atoms with Crippen LogP contribution in [0.15, 0.2) is 88.8 Å². The van der Waals surface area contributed by atoms with E-state index < -0.39 is 0 Å². The van der Waals surface area contributed by atoms with Crippen LogP contribution in [0.3, 0.4) is 0 Å². The molecule has 0 spiro atoms. The molecular formula is C26H20ClN3S. The van der Waals surface area contributed by atoms with Gasteiger partial charge in [0.05, 0.1) is 11.0 Å². The van der Waals surface area contributed by atoms with Gasteiger partial charge in [0.15, 0.2) is 5.82 Å². The van der Waals surface area contributed by atoms with Gasteiger partial charge < -0.3 is 5.32 Å². The van der Waals surface area contributed by atoms with Crippen molar-refractivity contribution in [3.05, 3.63) is 95.0 Å². The van der Waals surface area contributed by atoms with Gasteiger partial charge in [-0.3, -0.25) is 0 Å². The monoisotopic (exact) mass is 441 g/mol. The lowest BCUT2D eigenvalue weighted by molar-refractivity contribution is 1.12. The molecule has 3 nitrogen and oxygen atoms in total. The second kappa shape index (κ2) is 8.22. The van der Waals surface area contributed by atoms with Gasteiger partial charge in [0, 0.05) is 15.6 Å². The Morgan fingerprint density at radius 3 is 2.13 bits per heavy atom. The topological polar surface area (TPSA) is 37.8 Å². The standard InChI is InChI=1S/C26H20ClN3S/c1-16-7-12-24(17(2)13-16)31-26-25(28-21-10-8-20(27)9-11-21)29-22-14-18-5-3-4-6-19(18)15-23(22)30-26/h3-15H,1-2H3,(H,28,29). The third-order valence-corrected chi connectivity index (χ3v) is 6.55. The van der Waals surface area contributed by atoms with Crippen molar-refractivity contribution in [3.63, 3.8) is 0 Å². The highest BCUT2D eigenvalue weighted by Crippen LogP contribution is 2.36. The van der Waals surface area contributed by atoms with Gasteiger partial charge in [-0.05, 0) is 72.6 Å². The fraction of sp³-hybridized carbons (Fsp3) is 0.0769. The average Bonchev–Trinajstić information content (AvgIpc) is 2.76. The van der Waals surface area contributed by atoms with Gasteiger partial charge in [-0.1, -0.05) is 65.3 Å².